The average Bonchev–Trinajstić information content (AvgIpc) is 2.48. The van der Waals surface area contributed by atoms with Crippen LogP contribution >= 0.6 is 0 Å². The number of hydrogen-bond acceptors (Lipinski definition) is 1. The van der Waals surface area contributed by atoms with Gasteiger partial charge in [0, 0.05) is 26.3 Å². The Morgan fingerprint density at radius 3 is 2.38 bits per heavy atom. The van der Waals surface area contributed by atoms with Crippen LogP contribution in [-0.4, -0.2) is 4.98 Å². The van der Waals surface area contributed by atoms with Crippen molar-refractivity contribution in [3.8, 4) is 22.4 Å². The third-order valence-electron chi connectivity index (χ3n) is 3.38. The first-order valence-corrected chi connectivity index (χ1v) is 6.75. The van der Waals surface area contributed by atoms with E-state index in [2.05, 4.69) is 67.4 Å². The first-order valence-electron chi connectivity index (χ1n) is 6.75. The van der Waals surface area contributed by atoms with Gasteiger partial charge in [-0.2, -0.15) is 0 Å². The van der Waals surface area contributed by atoms with Gasteiger partial charge in [-0.1, -0.05) is 42.0 Å². The van der Waals surface area contributed by atoms with E-state index in [0.717, 1.165) is 11.3 Å². The Kier molecular flexibility index (Phi) is 5.06. The van der Waals surface area contributed by atoms with Crippen LogP contribution in [0.4, 0.5) is 0 Å². The minimum Gasteiger partial charge on any atom is -0.304 e. The SMILES string of the molecule is Cc1cnc(-c2[c-]ccc(-c3ccccc3)c2)c(C)c1.[Ir]. The number of rotatable bonds is 2. The molecule has 1 nitrogen and oxygen atoms in total. The van der Waals surface area contributed by atoms with Gasteiger partial charge in [0.05, 0.1) is 0 Å². The molecule has 21 heavy (non-hydrogen) atoms. The van der Waals surface area contributed by atoms with Gasteiger partial charge in [0.2, 0.25) is 0 Å². The predicted molar refractivity (Wildman–Crippen MR) is 83.4 cm³/mol. The zero-order valence-electron chi connectivity index (χ0n) is 12.1. The number of hydrogen-bond donors (Lipinski definition) is 0. The molecule has 0 saturated heterocycles. The molecule has 0 spiro atoms. The third kappa shape index (κ3) is 3.47. The zero-order chi connectivity index (χ0) is 13.9. The Hall–Kier alpha value is -1.76. The molecule has 107 valence electrons. The number of pyridine rings is 1. The van der Waals surface area contributed by atoms with Gasteiger partial charge in [0.1, 0.15) is 0 Å². The fraction of sp³-hybridized carbons (Fsp3) is 0.105. The molecule has 2 heteroatoms. The Morgan fingerprint density at radius 1 is 0.905 bits per heavy atom. The van der Waals surface area contributed by atoms with Crippen LogP contribution in [0.3, 0.4) is 0 Å². The van der Waals surface area contributed by atoms with E-state index in [4.69, 9.17) is 0 Å². The second kappa shape index (κ2) is 6.80. The van der Waals surface area contributed by atoms with Gasteiger partial charge in [-0.15, -0.1) is 35.4 Å². The Morgan fingerprint density at radius 2 is 1.67 bits per heavy atom. The third-order valence-corrected chi connectivity index (χ3v) is 3.38. The smallest absolute Gasteiger partial charge is 0.0190 e. The van der Waals surface area contributed by atoms with Gasteiger partial charge >= 0.3 is 0 Å². The summed E-state index contributed by atoms with van der Waals surface area (Å²) in [5, 5.41) is 0. The van der Waals surface area contributed by atoms with E-state index in [0.29, 0.717) is 0 Å². The van der Waals surface area contributed by atoms with Gasteiger partial charge in [-0.3, -0.25) is 0 Å². The molecule has 2 aromatic carbocycles. The van der Waals surface area contributed by atoms with Crippen molar-refractivity contribution in [2.75, 3.05) is 0 Å². The summed E-state index contributed by atoms with van der Waals surface area (Å²) in [6, 6.07) is 22.0. The maximum absolute atomic E-state index is 4.55. The predicted octanol–water partition coefficient (Wildman–Crippen LogP) is 4.83. The summed E-state index contributed by atoms with van der Waals surface area (Å²) in [6.07, 6.45) is 1.91. The molecular weight excluding hydrogens is 434 g/mol. The van der Waals surface area contributed by atoms with Crippen LogP contribution in [0.15, 0.2) is 60.8 Å². The minimum absolute atomic E-state index is 0. The van der Waals surface area contributed by atoms with Crippen LogP contribution in [-0.2, 0) is 20.1 Å². The van der Waals surface area contributed by atoms with Crippen LogP contribution in [0.1, 0.15) is 11.1 Å². The summed E-state index contributed by atoms with van der Waals surface area (Å²) >= 11 is 0. The van der Waals surface area contributed by atoms with Crippen molar-refractivity contribution in [3.05, 3.63) is 78.0 Å². The molecule has 3 rings (SSSR count). The molecule has 0 N–H and O–H groups in total. The Balaban J connectivity index is 0.00000161. The largest absolute Gasteiger partial charge is 0.304 e. The second-order valence-corrected chi connectivity index (χ2v) is 5.04. The van der Waals surface area contributed by atoms with Crippen molar-refractivity contribution in [1.82, 2.24) is 4.98 Å². The zero-order valence-corrected chi connectivity index (χ0v) is 14.4. The van der Waals surface area contributed by atoms with Crippen molar-refractivity contribution in [1.29, 1.82) is 0 Å². The summed E-state index contributed by atoms with van der Waals surface area (Å²) in [5.41, 5.74) is 6.84. The van der Waals surface area contributed by atoms with Crippen LogP contribution < -0.4 is 0 Å². The van der Waals surface area contributed by atoms with Crippen molar-refractivity contribution >= 4 is 0 Å². The van der Waals surface area contributed by atoms with Gasteiger partial charge in [0.15, 0.2) is 0 Å². The van der Waals surface area contributed by atoms with Crippen molar-refractivity contribution in [3.63, 3.8) is 0 Å². The first kappa shape index (κ1) is 15.6. The van der Waals surface area contributed by atoms with Crippen molar-refractivity contribution < 1.29 is 20.1 Å². The average molecular weight is 451 g/mol. The second-order valence-electron chi connectivity index (χ2n) is 5.04. The number of aryl methyl sites for hydroxylation is 2. The van der Waals surface area contributed by atoms with E-state index in [1.807, 2.05) is 18.3 Å². The molecule has 0 unspecified atom stereocenters. The van der Waals surface area contributed by atoms with Gasteiger partial charge in [-0.25, -0.2) is 0 Å². The number of aromatic nitrogens is 1. The molecule has 1 radical (unpaired) electrons. The van der Waals surface area contributed by atoms with Crippen LogP contribution in [0.25, 0.3) is 22.4 Å². The molecular formula is C19H16IrN-. The molecule has 0 bridgehead atoms. The molecule has 0 aliphatic heterocycles. The number of benzene rings is 2. The van der Waals surface area contributed by atoms with E-state index >= 15 is 0 Å². The van der Waals surface area contributed by atoms with E-state index in [9.17, 15) is 0 Å². The normalized spacial score (nSPS) is 10.0. The number of nitrogens with zero attached hydrogens (tertiary/aromatic N) is 1. The van der Waals surface area contributed by atoms with E-state index < -0.39 is 0 Å². The molecule has 0 amide bonds. The van der Waals surface area contributed by atoms with E-state index in [1.165, 1.54) is 22.3 Å². The first-order chi connectivity index (χ1) is 9.74. The summed E-state index contributed by atoms with van der Waals surface area (Å²) in [6.45, 7) is 4.16. The van der Waals surface area contributed by atoms with Crippen molar-refractivity contribution in [2.45, 2.75) is 13.8 Å². The summed E-state index contributed by atoms with van der Waals surface area (Å²) < 4.78 is 0. The maximum atomic E-state index is 4.55. The molecule has 0 atom stereocenters. The fourth-order valence-electron chi connectivity index (χ4n) is 2.41. The van der Waals surface area contributed by atoms with Crippen LogP contribution in [0.5, 0.6) is 0 Å². The maximum Gasteiger partial charge on any atom is 0.0190 e. The van der Waals surface area contributed by atoms with Gasteiger partial charge in [-0.05, 0) is 30.7 Å². The molecule has 0 saturated carbocycles. The minimum atomic E-state index is 0. The Labute approximate surface area is 139 Å². The standard InChI is InChI=1S/C19H16N.Ir/c1-14-11-15(2)19(20-13-14)18-10-6-9-17(12-18)16-7-4-3-5-8-16;/h3-9,11-13H,1-2H3;/q-1;. The van der Waals surface area contributed by atoms with Crippen LogP contribution in [0.2, 0.25) is 0 Å². The van der Waals surface area contributed by atoms with E-state index in [-0.39, 0.29) is 20.1 Å². The molecule has 3 aromatic rings. The summed E-state index contributed by atoms with van der Waals surface area (Å²) in [5.74, 6) is 0. The fourth-order valence-corrected chi connectivity index (χ4v) is 2.41. The van der Waals surface area contributed by atoms with Gasteiger partial charge in [0.25, 0.3) is 0 Å². The molecule has 1 aromatic heterocycles. The summed E-state index contributed by atoms with van der Waals surface area (Å²) in [4.78, 5) is 4.55. The van der Waals surface area contributed by atoms with Crippen LogP contribution in [0, 0.1) is 19.9 Å². The van der Waals surface area contributed by atoms with Gasteiger partial charge < -0.3 is 4.98 Å². The van der Waals surface area contributed by atoms with E-state index in [1.54, 1.807) is 0 Å². The molecule has 0 fully saturated rings. The monoisotopic (exact) mass is 451 g/mol. The van der Waals surface area contributed by atoms with Crippen molar-refractivity contribution in [2.24, 2.45) is 0 Å². The topological polar surface area (TPSA) is 12.9 Å². The molecule has 0 aliphatic carbocycles. The Bertz CT molecular complexity index is 736. The molecule has 1 heterocycles. The summed E-state index contributed by atoms with van der Waals surface area (Å²) in [7, 11) is 0. The molecule has 0 aliphatic rings. The quantitative estimate of drug-likeness (QED) is 0.510.